The van der Waals surface area contributed by atoms with Crippen LogP contribution in [0.3, 0.4) is 0 Å². The van der Waals surface area contributed by atoms with Crippen molar-refractivity contribution in [2.75, 3.05) is 13.1 Å². The van der Waals surface area contributed by atoms with Crippen LogP contribution >= 0.6 is 0 Å². The smallest absolute Gasteiger partial charge is 0.317 e. The van der Waals surface area contributed by atoms with Crippen LogP contribution in [0.25, 0.3) is 0 Å². The second-order valence-electron chi connectivity index (χ2n) is 5.55. The van der Waals surface area contributed by atoms with E-state index >= 15 is 0 Å². The van der Waals surface area contributed by atoms with Crippen molar-refractivity contribution < 1.29 is 14.7 Å². The van der Waals surface area contributed by atoms with Gasteiger partial charge in [0.2, 0.25) is 0 Å². The van der Waals surface area contributed by atoms with Crippen molar-refractivity contribution in [3.8, 4) is 0 Å². The molecule has 2 atom stereocenters. The van der Waals surface area contributed by atoms with Gasteiger partial charge in [0, 0.05) is 13.1 Å². The van der Waals surface area contributed by atoms with E-state index in [0.717, 1.165) is 18.4 Å². The van der Waals surface area contributed by atoms with E-state index in [2.05, 4.69) is 11.9 Å². The fourth-order valence-electron chi connectivity index (χ4n) is 2.68. The van der Waals surface area contributed by atoms with Crippen LogP contribution in [-0.2, 0) is 4.79 Å². The molecule has 0 radical (unpaired) electrons. The van der Waals surface area contributed by atoms with Crippen molar-refractivity contribution in [3.63, 3.8) is 0 Å². The van der Waals surface area contributed by atoms with E-state index in [1.54, 1.807) is 4.90 Å². The first kappa shape index (κ1) is 16.1. The number of hydrogen-bond acceptors (Lipinski definition) is 2. The minimum Gasteiger partial charge on any atom is -0.481 e. The number of urea groups is 1. The Labute approximate surface area is 130 Å². The van der Waals surface area contributed by atoms with Crippen LogP contribution in [0.4, 0.5) is 4.79 Å². The van der Waals surface area contributed by atoms with Gasteiger partial charge in [-0.2, -0.15) is 0 Å². The lowest BCUT2D eigenvalue weighted by Gasteiger charge is -2.23. The molecule has 0 saturated carbocycles. The van der Waals surface area contributed by atoms with Gasteiger partial charge in [0.05, 0.1) is 12.0 Å². The zero-order valence-electron chi connectivity index (χ0n) is 12.6. The number of likely N-dealkylation sites (tertiary alicyclic amines) is 1. The maximum Gasteiger partial charge on any atom is 0.317 e. The van der Waals surface area contributed by atoms with Crippen LogP contribution in [0.2, 0.25) is 0 Å². The SMILES string of the molecule is C=CCCC(NC(=O)N1CCC(C(=O)O)C1)c1ccccc1. The molecule has 1 heterocycles. The lowest BCUT2D eigenvalue weighted by Crippen LogP contribution is -2.40. The van der Waals surface area contributed by atoms with Crippen molar-refractivity contribution in [2.45, 2.75) is 25.3 Å². The number of hydrogen-bond donors (Lipinski definition) is 2. The largest absolute Gasteiger partial charge is 0.481 e. The number of carbonyl (C=O) groups excluding carboxylic acids is 1. The van der Waals surface area contributed by atoms with Crippen LogP contribution in [0.15, 0.2) is 43.0 Å². The van der Waals surface area contributed by atoms with E-state index in [1.165, 1.54) is 0 Å². The van der Waals surface area contributed by atoms with Gasteiger partial charge < -0.3 is 15.3 Å². The highest BCUT2D eigenvalue weighted by atomic mass is 16.4. The summed E-state index contributed by atoms with van der Waals surface area (Å²) in [5.41, 5.74) is 1.05. The zero-order chi connectivity index (χ0) is 15.9. The Balaban J connectivity index is 1.99. The Morgan fingerprint density at radius 3 is 2.73 bits per heavy atom. The van der Waals surface area contributed by atoms with Crippen LogP contribution < -0.4 is 5.32 Å². The van der Waals surface area contributed by atoms with Crippen LogP contribution in [-0.4, -0.2) is 35.1 Å². The standard InChI is InChI=1S/C17H22N2O3/c1-2-3-9-15(13-7-5-4-6-8-13)18-17(22)19-11-10-14(12-19)16(20)21/h2,4-8,14-15H,1,3,9-12H2,(H,18,22)(H,20,21). The highest BCUT2D eigenvalue weighted by Crippen LogP contribution is 2.21. The van der Waals surface area contributed by atoms with E-state index in [4.69, 9.17) is 5.11 Å². The molecule has 0 aromatic heterocycles. The molecule has 1 saturated heterocycles. The third-order valence-corrected chi connectivity index (χ3v) is 3.98. The van der Waals surface area contributed by atoms with Crippen LogP contribution in [0.5, 0.6) is 0 Å². The minimum absolute atomic E-state index is 0.0874. The second-order valence-corrected chi connectivity index (χ2v) is 5.55. The number of nitrogens with one attached hydrogen (secondary N) is 1. The fourth-order valence-corrected chi connectivity index (χ4v) is 2.68. The van der Waals surface area contributed by atoms with Gasteiger partial charge in [0.1, 0.15) is 0 Å². The van der Waals surface area contributed by atoms with E-state index in [9.17, 15) is 9.59 Å². The lowest BCUT2D eigenvalue weighted by atomic mass is 10.0. The first-order chi connectivity index (χ1) is 10.6. The number of allylic oxidation sites excluding steroid dienone is 1. The fraction of sp³-hybridized carbons (Fsp3) is 0.412. The Morgan fingerprint density at radius 2 is 2.14 bits per heavy atom. The number of nitrogens with zero attached hydrogens (tertiary/aromatic N) is 1. The summed E-state index contributed by atoms with van der Waals surface area (Å²) in [4.78, 5) is 24.9. The van der Waals surface area contributed by atoms with Gasteiger partial charge in [-0.3, -0.25) is 4.79 Å². The summed E-state index contributed by atoms with van der Waals surface area (Å²) in [6.45, 7) is 4.50. The average molecular weight is 302 g/mol. The first-order valence-corrected chi connectivity index (χ1v) is 7.56. The molecule has 5 heteroatoms. The predicted octanol–water partition coefficient (Wildman–Crippen LogP) is 2.81. The van der Waals surface area contributed by atoms with Gasteiger partial charge >= 0.3 is 12.0 Å². The highest BCUT2D eigenvalue weighted by molar-refractivity contribution is 5.77. The third-order valence-electron chi connectivity index (χ3n) is 3.98. The number of carboxylic acids is 1. The normalized spacial score (nSPS) is 18.7. The summed E-state index contributed by atoms with van der Waals surface area (Å²) < 4.78 is 0. The topological polar surface area (TPSA) is 69.6 Å². The van der Waals surface area contributed by atoms with E-state index in [1.807, 2.05) is 36.4 Å². The van der Waals surface area contributed by atoms with E-state index in [0.29, 0.717) is 13.0 Å². The van der Waals surface area contributed by atoms with Crippen LogP contribution in [0.1, 0.15) is 30.9 Å². The van der Waals surface area contributed by atoms with Crippen molar-refractivity contribution in [1.82, 2.24) is 10.2 Å². The van der Waals surface area contributed by atoms with Gasteiger partial charge in [-0.15, -0.1) is 6.58 Å². The van der Waals surface area contributed by atoms with E-state index < -0.39 is 11.9 Å². The highest BCUT2D eigenvalue weighted by Gasteiger charge is 2.31. The van der Waals surface area contributed by atoms with Gasteiger partial charge in [0.25, 0.3) is 0 Å². The van der Waals surface area contributed by atoms with Crippen molar-refractivity contribution in [1.29, 1.82) is 0 Å². The monoisotopic (exact) mass is 302 g/mol. The molecule has 0 spiro atoms. The minimum atomic E-state index is -0.832. The molecule has 1 aromatic rings. The third kappa shape index (κ3) is 4.10. The molecule has 5 nitrogen and oxygen atoms in total. The molecule has 2 unspecified atom stereocenters. The van der Waals surface area contributed by atoms with E-state index in [-0.39, 0.29) is 18.6 Å². The Hall–Kier alpha value is -2.30. The summed E-state index contributed by atoms with van der Waals surface area (Å²) in [5, 5.41) is 12.0. The number of rotatable bonds is 6. The number of carbonyl (C=O) groups is 2. The summed E-state index contributed by atoms with van der Waals surface area (Å²) in [6, 6.07) is 9.51. The van der Waals surface area contributed by atoms with Crippen molar-refractivity contribution in [3.05, 3.63) is 48.6 Å². The molecular formula is C17H22N2O3. The summed E-state index contributed by atoms with van der Waals surface area (Å²) in [5.74, 6) is -1.28. The Kier molecular flexibility index (Phi) is 5.58. The van der Waals surface area contributed by atoms with Crippen molar-refractivity contribution in [2.24, 2.45) is 5.92 Å². The van der Waals surface area contributed by atoms with Gasteiger partial charge in [-0.25, -0.2) is 4.79 Å². The lowest BCUT2D eigenvalue weighted by molar-refractivity contribution is -0.141. The molecule has 1 aromatic carbocycles. The molecule has 0 aliphatic carbocycles. The predicted molar refractivity (Wildman–Crippen MR) is 84.5 cm³/mol. The van der Waals surface area contributed by atoms with Crippen molar-refractivity contribution >= 4 is 12.0 Å². The number of aliphatic carboxylic acids is 1. The zero-order valence-corrected chi connectivity index (χ0v) is 12.6. The van der Waals surface area contributed by atoms with Gasteiger partial charge in [0.15, 0.2) is 0 Å². The number of carboxylic acid groups (broad SMARTS) is 1. The molecule has 0 bridgehead atoms. The average Bonchev–Trinajstić information content (AvgIpc) is 3.02. The summed E-state index contributed by atoms with van der Waals surface area (Å²) >= 11 is 0. The maximum atomic E-state index is 12.4. The molecule has 1 aliphatic heterocycles. The molecule has 1 aliphatic rings. The molecule has 2 amide bonds. The summed E-state index contributed by atoms with van der Waals surface area (Å²) in [6.07, 6.45) is 3.93. The van der Waals surface area contributed by atoms with Gasteiger partial charge in [-0.05, 0) is 24.8 Å². The molecule has 2 N–H and O–H groups in total. The molecule has 22 heavy (non-hydrogen) atoms. The first-order valence-electron chi connectivity index (χ1n) is 7.56. The second kappa shape index (κ2) is 7.64. The molecular weight excluding hydrogens is 280 g/mol. The van der Waals surface area contributed by atoms with Gasteiger partial charge in [-0.1, -0.05) is 36.4 Å². The quantitative estimate of drug-likeness (QED) is 0.794. The Bertz CT molecular complexity index is 530. The summed E-state index contributed by atoms with van der Waals surface area (Å²) in [7, 11) is 0. The van der Waals surface area contributed by atoms with Crippen LogP contribution in [0, 0.1) is 5.92 Å². The molecule has 118 valence electrons. The maximum absolute atomic E-state index is 12.4. The molecule has 2 rings (SSSR count). The number of benzene rings is 1. The Morgan fingerprint density at radius 1 is 1.41 bits per heavy atom. The molecule has 1 fully saturated rings. The number of amides is 2.